The minimum atomic E-state index is -0.465. The lowest BCUT2D eigenvalue weighted by atomic mass is 9.74. The van der Waals surface area contributed by atoms with Crippen LogP contribution in [-0.2, 0) is 6.42 Å². The summed E-state index contributed by atoms with van der Waals surface area (Å²) in [5, 5.41) is 14.1. The van der Waals surface area contributed by atoms with Crippen LogP contribution in [0.3, 0.4) is 0 Å². The van der Waals surface area contributed by atoms with Gasteiger partial charge in [0.15, 0.2) is 0 Å². The van der Waals surface area contributed by atoms with E-state index in [-0.39, 0.29) is 23.1 Å². The van der Waals surface area contributed by atoms with Gasteiger partial charge in [-0.1, -0.05) is 19.9 Å². The van der Waals surface area contributed by atoms with Crippen molar-refractivity contribution >= 4 is 11.6 Å². The summed E-state index contributed by atoms with van der Waals surface area (Å²) in [6.45, 7) is 7.79. The third kappa shape index (κ3) is 3.29. The predicted molar refractivity (Wildman–Crippen MR) is 93.6 cm³/mol. The maximum Gasteiger partial charge on any atom is 0.273 e. The Morgan fingerprint density at radius 3 is 2.76 bits per heavy atom. The zero-order valence-corrected chi connectivity index (χ0v) is 14.9. The summed E-state index contributed by atoms with van der Waals surface area (Å²) >= 11 is 0. The Labute approximate surface area is 146 Å². The number of furan rings is 1. The summed E-state index contributed by atoms with van der Waals surface area (Å²) in [7, 11) is 0. The molecule has 1 unspecified atom stereocenters. The van der Waals surface area contributed by atoms with Gasteiger partial charge in [-0.05, 0) is 37.8 Å². The minimum absolute atomic E-state index is 0.00691. The normalized spacial score (nSPS) is 18.5. The Morgan fingerprint density at radius 1 is 1.36 bits per heavy atom. The van der Waals surface area contributed by atoms with Crippen molar-refractivity contribution in [3.05, 3.63) is 62.6 Å². The molecule has 1 aliphatic carbocycles. The topological polar surface area (TPSA) is 85.4 Å². The molecule has 0 aliphatic heterocycles. The second-order valence-electron chi connectivity index (χ2n) is 7.51. The van der Waals surface area contributed by atoms with Crippen molar-refractivity contribution in [1.82, 2.24) is 5.32 Å². The van der Waals surface area contributed by atoms with E-state index in [1.807, 2.05) is 13.0 Å². The van der Waals surface area contributed by atoms with Gasteiger partial charge in [0.25, 0.3) is 11.6 Å². The fraction of sp³-hybridized carbons (Fsp3) is 0.421. The lowest BCUT2D eigenvalue weighted by Crippen LogP contribution is -2.36. The van der Waals surface area contributed by atoms with Crippen LogP contribution in [-0.4, -0.2) is 10.8 Å². The number of carbonyl (C=O) groups is 1. The summed E-state index contributed by atoms with van der Waals surface area (Å²) in [6, 6.07) is 6.37. The van der Waals surface area contributed by atoms with Crippen molar-refractivity contribution in [2.75, 3.05) is 0 Å². The molecule has 6 heteroatoms. The molecule has 1 amide bonds. The molecule has 1 aromatic heterocycles. The van der Waals surface area contributed by atoms with E-state index >= 15 is 0 Å². The molecule has 0 bridgehead atoms. The van der Waals surface area contributed by atoms with Gasteiger partial charge in [0.1, 0.15) is 11.5 Å². The molecule has 2 aromatic rings. The Balaban J connectivity index is 1.91. The van der Waals surface area contributed by atoms with E-state index < -0.39 is 4.92 Å². The predicted octanol–water partition coefficient (Wildman–Crippen LogP) is 4.25. The first kappa shape index (κ1) is 17.2. The zero-order chi connectivity index (χ0) is 18.4. The number of hydrogen-bond donors (Lipinski definition) is 1. The highest BCUT2D eigenvalue weighted by molar-refractivity contribution is 5.96. The molecule has 0 radical (unpaired) electrons. The van der Waals surface area contributed by atoms with E-state index in [0.29, 0.717) is 11.1 Å². The number of nitrogens with zero attached hydrogens (tertiary/aromatic N) is 1. The molecule has 0 fully saturated rings. The summed E-state index contributed by atoms with van der Waals surface area (Å²) < 4.78 is 5.79. The van der Waals surface area contributed by atoms with Crippen molar-refractivity contribution in [3.8, 4) is 0 Å². The van der Waals surface area contributed by atoms with E-state index in [1.54, 1.807) is 13.0 Å². The lowest BCUT2D eigenvalue weighted by Gasteiger charge is -2.34. The van der Waals surface area contributed by atoms with Gasteiger partial charge in [0, 0.05) is 29.2 Å². The van der Waals surface area contributed by atoms with Crippen LogP contribution in [0.25, 0.3) is 0 Å². The van der Waals surface area contributed by atoms with Crippen LogP contribution in [0.1, 0.15) is 59.3 Å². The quantitative estimate of drug-likeness (QED) is 0.667. The highest BCUT2D eigenvalue weighted by Crippen LogP contribution is 2.42. The van der Waals surface area contributed by atoms with Gasteiger partial charge in [0.05, 0.1) is 11.0 Å². The van der Waals surface area contributed by atoms with Crippen LogP contribution in [0.2, 0.25) is 0 Å². The van der Waals surface area contributed by atoms with Gasteiger partial charge in [-0.15, -0.1) is 0 Å². The molecule has 0 spiro atoms. The highest BCUT2D eigenvalue weighted by atomic mass is 16.6. The number of rotatable bonds is 3. The molecule has 1 N–H and O–H groups in total. The maximum absolute atomic E-state index is 12.8. The number of aryl methyl sites for hydroxylation is 1. The van der Waals surface area contributed by atoms with Crippen LogP contribution >= 0.6 is 0 Å². The number of nitrogens with one attached hydrogen (secondary N) is 1. The van der Waals surface area contributed by atoms with Crippen molar-refractivity contribution in [3.63, 3.8) is 0 Å². The fourth-order valence-electron chi connectivity index (χ4n) is 3.62. The van der Waals surface area contributed by atoms with Crippen LogP contribution in [0, 0.1) is 29.4 Å². The van der Waals surface area contributed by atoms with Crippen LogP contribution in [0.5, 0.6) is 0 Å². The largest absolute Gasteiger partial charge is 0.466 e. The second-order valence-corrected chi connectivity index (χ2v) is 7.51. The van der Waals surface area contributed by atoms with Gasteiger partial charge in [0.2, 0.25) is 0 Å². The first-order valence-corrected chi connectivity index (χ1v) is 8.32. The van der Waals surface area contributed by atoms with Gasteiger partial charge in [-0.25, -0.2) is 0 Å². The summed E-state index contributed by atoms with van der Waals surface area (Å²) in [6.07, 6.45) is 1.62. The molecular formula is C19H22N2O4. The fourth-order valence-corrected chi connectivity index (χ4v) is 3.62. The van der Waals surface area contributed by atoms with Gasteiger partial charge < -0.3 is 9.73 Å². The van der Waals surface area contributed by atoms with E-state index in [2.05, 4.69) is 19.2 Å². The number of amides is 1. The van der Waals surface area contributed by atoms with E-state index in [9.17, 15) is 14.9 Å². The second kappa shape index (κ2) is 6.02. The SMILES string of the molecule is Cc1cc2c(o1)CC(C)(C)CC2NC(=O)c1cccc([N+](=O)[O-])c1C. The molecule has 1 atom stereocenters. The molecule has 0 saturated carbocycles. The van der Waals surface area contributed by atoms with Gasteiger partial charge >= 0.3 is 0 Å². The highest BCUT2D eigenvalue weighted by Gasteiger charge is 2.36. The third-order valence-electron chi connectivity index (χ3n) is 4.79. The summed E-state index contributed by atoms with van der Waals surface area (Å²) in [4.78, 5) is 23.4. The van der Waals surface area contributed by atoms with Crippen LogP contribution in [0.4, 0.5) is 5.69 Å². The summed E-state index contributed by atoms with van der Waals surface area (Å²) in [5.41, 5.74) is 1.68. The van der Waals surface area contributed by atoms with Gasteiger partial charge in [-0.3, -0.25) is 14.9 Å². The number of nitro groups is 1. The van der Waals surface area contributed by atoms with Gasteiger partial charge in [-0.2, -0.15) is 0 Å². The minimum Gasteiger partial charge on any atom is -0.466 e. The summed E-state index contributed by atoms with van der Waals surface area (Å²) in [5.74, 6) is 1.44. The number of carbonyl (C=O) groups excluding carboxylic acids is 1. The molecule has 1 aliphatic rings. The smallest absolute Gasteiger partial charge is 0.273 e. The number of benzene rings is 1. The Morgan fingerprint density at radius 2 is 2.08 bits per heavy atom. The molecule has 1 heterocycles. The lowest BCUT2D eigenvalue weighted by molar-refractivity contribution is -0.385. The van der Waals surface area contributed by atoms with Crippen LogP contribution < -0.4 is 5.32 Å². The molecule has 1 aromatic carbocycles. The Bertz CT molecular complexity index is 851. The number of fused-ring (bicyclic) bond motifs is 1. The molecule has 3 rings (SSSR count). The van der Waals surface area contributed by atoms with E-state index in [0.717, 1.165) is 29.9 Å². The molecule has 6 nitrogen and oxygen atoms in total. The standard InChI is InChI=1S/C19H22N2O4/c1-11-8-14-15(9-19(3,4)10-17(14)25-11)20-18(22)13-6-5-7-16(12(13)2)21(23)24/h5-8,15H,9-10H2,1-4H3,(H,20,22). The van der Waals surface area contributed by atoms with Crippen molar-refractivity contribution in [1.29, 1.82) is 0 Å². The first-order valence-electron chi connectivity index (χ1n) is 8.32. The average molecular weight is 342 g/mol. The Hall–Kier alpha value is -2.63. The Kier molecular flexibility index (Phi) is 4.14. The molecule has 0 saturated heterocycles. The molecular weight excluding hydrogens is 320 g/mol. The zero-order valence-electron chi connectivity index (χ0n) is 14.9. The molecule has 132 valence electrons. The average Bonchev–Trinajstić information content (AvgIpc) is 2.86. The maximum atomic E-state index is 12.8. The monoisotopic (exact) mass is 342 g/mol. The third-order valence-corrected chi connectivity index (χ3v) is 4.79. The van der Waals surface area contributed by atoms with Crippen LogP contribution in [0.15, 0.2) is 28.7 Å². The molecule has 25 heavy (non-hydrogen) atoms. The first-order chi connectivity index (χ1) is 11.7. The van der Waals surface area contributed by atoms with Crippen molar-refractivity contribution in [2.45, 2.75) is 46.6 Å². The van der Waals surface area contributed by atoms with E-state index in [1.165, 1.54) is 12.1 Å². The van der Waals surface area contributed by atoms with E-state index in [4.69, 9.17) is 4.42 Å². The number of nitro benzene ring substituents is 1. The number of hydrogen-bond acceptors (Lipinski definition) is 4. The van der Waals surface area contributed by atoms with Crippen molar-refractivity contribution < 1.29 is 14.1 Å². The van der Waals surface area contributed by atoms with Crippen molar-refractivity contribution in [2.24, 2.45) is 5.41 Å².